The molecule has 0 spiro atoms. The molecule has 0 saturated heterocycles. The molecule has 24 heteroatoms. The number of methoxy groups -OCH3 is 2. The van der Waals surface area contributed by atoms with Gasteiger partial charge in [-0.2, -0.15) is 0 Å². The van der Waals surface area contributed by atoms with Gasteiger partial charge in [-0.1, -0.05) is 43.1 Å². The second kappa shape index (κ2) is 30.4. The average molecular weight is 1080 g/mol. The maximum atomic E-state index is 12.2. The van der Waals surface area contributed by atoms with Crippen LogP contribution in [0.3, 0.4) is 0 Å². The molecule has 6 aromatic carbocycles. The first-order chi connectivity index (χ1) is 37.2. The number of urea groups is 3. The van der Waals surface area contributed by atoms with Crippen molar-refractivity contribution >= 4 is 75.5 Å². The second-order valence-electron chi connectivity index (χ2n) is 15.8. The van der Waals surface area contributed by atoms with Crippen LogP contribution in [0.1, 0.15) is 70.3 Å². The number of rotatable bonds is 16. The first-order valence-electron chi connectivity index (χ1n) is 23.7. The van der Waals surface area contributed by atoms with Gasteiger partial charge in [0.1, 0.15) is 28.3 Å². The van der Waals surface area contributed by atoms with Crippen molar-refractivity contribution in [3.05, 3.63) is 155 Å². The Morgan fingerprint density at radius 1 is 0.506 bits per heavy atom. The number of hydrogen-bond acceptors (Lipinski definition) is 14. The van der Waals surface area contributed by atoms with Crippen LogP contribution in [0, 0.1) is 6.92 Å². The molecule has 7 aromatic rings. The molecule has 7 rings (SSSR count). The minimum atomic E-state index is -0.615. The molecule has 9 N–H and O–H groups in total. The Bertz CT molecular complexity index is 3070. The van der Waals surface area contributed by atoms with E-state index in [0.717, 1.165) is 18.4 Å². The summed E-state index contributed by atoms with van der Waals surface area (Å²) < 4.78 is 31.4. The van der Waals surface area contributed by atoms with Gasteiger partial charge in [-0.05, 0) is 146 Å². The minimum Gasteiger partial charge on any atom is -0.497 e. The molecule has 0 fully saturated rings. The van der Waals surface area contributed by atoms with Crippen LogP contribution in [-0.2, 0) is 0 Å². The largest absolute Gasteiger partial charge is 0.497 e. The smallest absolute Gasteiger partial charge is 0.338 e. The van der Waals surface area contributed by atoms with E-state index in [4.69, 9.17) is 35.3 Å². The van der Waals surface area contributed by atoms with Crippen LogP contribution in [0.15, 0.2) is 132 Å². The average Bonchev–Trinajstić information content (AvgIpc) is 3.91. The molecule has 0 aliphatic heterocycles. The molecule has 0 bridgehead atoms. The maximum Gasteiger partial charge on any atom is 0.338 e. The Morgan fingerprint density at radius 3 is 1.70 bits per heavy atom. The first kappa shape index (κ1) is 58.1. The number of amides is 9. The molecule has 0 aliphatic rings. The number of ether oxygens (including phenoxy) is 5. The van der Waals surface area contributed by atoms with Crippen molar-refractivity contribution in [2.75, 3.05) is 50.0 Å². The number of unbranched alkanes of at least 4 members (excludes halogenated alkanes) is 1. The number of nitrogens with one attached hydrogen (secondary N) is 9. The molecule has 77 heavy (non-hydrogen) atoms. The van der Waals surface area contributed by atoms with Gasteiger partial charge in [-0.3, -0.25) is 30.7 Å². The highest BCUT2D eigenvalue weighted by atomic mass is 35.5. The summed E-state index contributed by atoms with van der Waals surface area (Å²) in [4.78, 5) is 72.0. The van der Waals surface area contributed by atoms with E-state index in [1.54, 1.807) is 115 Å². The van der Waals surface area contributed by atoms with Crippen molar-refractivity contribution in [1.29, 1.82) is 0 Å². The highest BCUT2D eigenvalue weighted by molar-refractivity contribution is 6.31. The van der Waals surface area contributed by atoms with Crippen molar-refractivity contribution in [3.63, 3.8) is 0 Å². The van der Waals surface area contributed by atoms with Gasteiger partial charge in [-0.15, -0.1) is 0 Å². The molecular weight excluding hydrogens is 1020 g/mol. The lowest BCUT2D eigenvalue weighted by molar-refractivity contribution is 0.0930. The van der Waals surface area contributed by atoms with Gasteiger partial charge in [0, 0.05) is 39.2 Å². The highest BCUT2D eigenvalue weighted by Gasteiger charge is 2.15. The molecule has 9 amide bonds. The Kier molecular flexibility index (Phi) is 23.0. The van der Waals surface area contributed by atoms with Crippen molar-refractivity contribution in [2.45, 2.75) is 40.5 Å². The van der Waals surface area contributed by atoms with Crippen LogP contribution in [0.25, 0.3) is 11.0 Å². The number of halogens is 1. The Hall–Kier alpha value is -9.77. The van der Waals surface area contributed by atoms with E-state index >= 15 is 0 Å². The highest BCUT2D eigenvalue weighted by Crippen LogP contribution is 2.30. The molecule has 1 aromatic heterocycles. The lowest BCUT2D eigenvalue weighted by Crippen LogP contribution is -2.43. The number of nitrogens with zero attached hydrogens (tertiary/aromatic N) is 2. The zero-order valence-corrected chi connectivity index (χ0v) is 43.6. The van der Waals surface area contributed by atoms with E-state index in [0.29, 0.717) is 98.4 Å². The van der Waals surface area contributed by atoms with E-state index in [1.165, 1.54) is 20.3 Å². The van der Waals surface area contributed by atoms with Gasteiger partial charge in [0.25, 0.3) is 17.7 Å². The van der Waals surface area contributed by atoms with Gasteiger partial charge in [0.2, 0.25) is 0 Å². The van der Waals surface area contributed by atoms with E-state index in [1.807, 2.05) is 26.8 Å². The number of fused-ring (bicyclic) bond motifs is 1. The summed E-state index contributed by atoms with van der Waals surface area (Å²) in [6, 6.07) is 33.4. The monoisotopic (exact) mass is 1080 g/mol. The van der Waals surface area contributed by atoms with Crippen molar-refractivity contribution in [1.82, 2.24) is 42.9 Å². The fraction of sp³-hybridized carbons (Fsp3) is 0.208. The third-order valence-electron chi connectivity index (χ3n) is 10.1. The number of hydrazine groups is 3. The zero-order valence-electron chi connectivity index (χ0n) is 42.8. The van der Waals surface area contributed by atoms with Gasteiger partial charge in [0.05, 0.1) is 39.7 Å². The fourth-order valence-electron chi connectivity index (χ4n) is 6.42. The van der Waals surface area contributed by atoms with Gasteiger partial charge in [-0.25, -0.2) is 35.3 Å². The number of benzene rings is 6. The molecular formula is C53H58ClN11O12. The molecule has 404 valence electrons. The van der Waals surface area contributed by atoms with Gasteiger partial charge < -0.3 is 39.6 Å². The van der Waals surface area contributed by atoms with Crippen molar-refractivity contribution < 1.29 is 57.1 Å². The molecule has 0 aliphatic carbocycles. The van der Waals surface area contributed by atoms with Crippen LogP contribution in [0.4, 0.5) is 31.4 Å². The maximum absolute atomic E-state index is 12.2. The second-order valence-corrected chi connectivity index (χ2v) is 16.2. The Balaban J connectivity index is 0.000000214. The number of anilines is 3. The number of carbonyl (C=O) groups is 6. The van der Waals surface area contributed by atoms with E-state index in [9.17, 15) is 28.8 Å². The fourth-order valence-corrected chi connectivity index (χ4v) is 6.71. The standard InChI is InChI=1S/C20H25N3O5.C18H21N3O4.C15H12ClN5O3/c1-4-5-12-28-15-8-6-14(7-9-15)19(24)22-23-20(25)21-17-11-10-16(26-2)13-18(17)27-3;1-3-24-15-11-10-13(12-16(15)25-4-2)17(22)20-21-18(23)19-14-8-6-5-7-9-14;1-8-4-10(16)7-11(5-8)17-15(23)19-18-14(22)9-2-3-12-13(6-9)21-24-20-12/h6-11,13H,4-5,12H2,1-3H3,(H,22,24)(H2,21,23,25);5-12H,3-4H2,1-2H3,(H,20,22)(H2,19,21,23);2-7H,1H3,(H,18,22)(H2,17,19,23). The predicted octanol–water partition coefficient (Wildman–Crippen LogP) is 8.95. The quantitative estimate of drug-likeness (QED) is 0.0322. The molecule has 0 radical (unpaired) electrons. The van der Waals surface area contributed by atoms with Gasteiger partial charge in [0.15, 0.2) is 11.5 Å². The van der Waals surface area contributed by atoms with Crippen LogP contribution in [0.2, 0.25) is 5.02 Å². The van der Waals surface area contributed by atoms with E-state index < -0.39 is 35.8 Å². The third-order valence-corrected chi connectivity index (χ3v) is 10.3. The van der Waals surface area contributed by atoms with E-state index in [2.05, 4.69) is 70.4 Å². The minimum absolute atomic E-state index is 0.303. The van der Waals surface area contributed by atoms with E-state index in [-0.39, 0.29) is 0 Å². The lowest BCUT2D eigenvalue weighted by atomic mass is 10.2. The van der Waals surface area contributed by atoms with Crippen LogP contribution >= 0.6 is 11.6 Å². The van der Waals surface area contributed by atoms with Gasteiger partial charge >= 0.3 is 18.1 Å². The number of carbonyl (C=O) groups excluding carboxylic acids is 6. The normalized spacial score (nSPS) is 10.1. The van der Waals surface area contributed by atoms with Crippen molar-refractivity contribution in [3.8, 4) is 28.7 Å². The Labute approximate surface area is 447 Å². The number of hydrogen-bond donors (Lipinski definition) is 9. The number of aromatic nitrogens is 2. The van der Waals surface area contributed by atoms with Crippen LogP contribution in [0.5, 0.6) is 28.7 Å². The third kappa shape index (κ3) is 19.2. The molecule has 23 nitrogen and oxygen atoms in total. The number of aryl methyl sites for hydroxylation is 1. The SMILES string of the molecule is CCCCOc1ccc(C(=O)NNC(=O)Nc2ccc(OC)cc2OC)cc1.CCOc1ccc(C(=O)NNC(=O)Nc2ccccc2)cc1OCC.Cc1cc(Cl)cc(NC(=O)NNC(=O)c2ccc3nonc3c2)c1. The predicted molar refractivity (Wildman–Crippen MR) is 288 cm³/mol. The first-order valence-corrected chi connectivity index (χ1v) is 24.1. The summed E-state index contributed by atoms with van der Waals surface area (Å²) in [5.41, 5.74) is 18.3. The molecule has 0 saturated carbocycles. The summed E-state index contributed by atoms with van der Waals surface area (Å²) >= 11 is 5.92. The van der Waals surface area contributed by atoms with Crippen LogP contribution < -0.4 is 72.2 Å². The lowest BCUT2D eigenvalue weighted by Gasteiger charge is -2.13. The summed E-state index contributed by atoms with van der Waals surface area (Å²) in [6.45, 7) is 9.23. The van der Waals surface area contributed by atoms with Crippen LogP contribution in [-0.4, -0.2) is 80.2 Å². The number of para-hydroxylation sites is 1. The molecule has 0 atom stereocenters. The summed E-state index contributed by atoms with van der Waals surface area (Å²) in [5.74, 6) is 1.35. The molecule has 0 unspecified atom stereocenters. The summed E-state index contributed by atoms with van der Waals surface area (Å²) in [7, 11) is 3.02. The van der Waals surface area contributed by atoms with Crippen molar-refractivity contribution in [2.24, 2.45) is 0 Å². The summed E-state index contributed by atoms with van der Waals surface area (Å²) in [6.07, 6.45) is 2.02. The Morgan fingerprint density at radius 2 is 1.08 bits per heavy atom. The summed E-state index contributed by atoms with van der Waals surface area (Å²) in [5, 5.41) is 15.6. The zero-order chi connectivity index (χ0) is 55.5. The topological polar surface area (TPSA) is 296 Å². The molecule has 1 heterocycles.